The molecule has 0 saturated carbocycles. The molecule has 1 aliphatic rings. The van der Waals surface area contributed by atoms with Crippen molar-refractivity contribution in [3.05, 3.63) is 11.6 Å². The molecule has 0 amide bonds. The molecule has 7 heteroatoms. The van der Waals surface area contributed by atoms with Gasteiger partial charge in [0.1, 0.15) is 12.4 Å². The molecule has 1 aromatic rings. The van der Waals surface area contributed by atoms with Crippen LogP contribution < -0.4 is 10.6 Å². The lowest BCUT2D eigenvalue weighted by Crippen LogP contribution is -2.37. The number of aromatic nitrogens is 3. The number of hydrogen-bond donors (Lipinski definition) is 2. The van der Waals surface area contributed by atoms with Crippen LogP contribution in [0.15, 0.2) is 4.99 Å². The molecule has 0 bridgehead atoms. The summed E-state index contributed by atoms with van der Waals surface area (Å²) in [6, 6.07) is 0. The van der Waals surface area contributed by atoms with Gasteiger partial charge in [-0.1, -0.05) is 6.42 Å². The highest BCUT2D eigenvalue weighted by Gasteiger charge is 2.14. The highest BCUT2D eigenvalue weighted by Crippen LogP contribution is 2.14. The van der Waals surface area contributed by atoms with Gasteiger partial charge in [0, 0.05) is 26.1 Å². The van der Waals surface area contributed by atoms with Gasteiger partial charge in [0.2, 0.25) is 0 Å². The zero-order valence-electron chi connectivity index (χ0n) is 12.4. The van der Waals surface area contributed by atoms with Crippen molar-refractivity contribution in [2.24, 2.45) is 4.99 Å². The van der Waals surface area contributed by atoms with E-state index in [4.69, 9.17) is 0 Å². The van der Waals surface area contributed by atoms with Crippen LogP contribution in [0.2, 0.25) is 0 Å². The van der Waals surface area contributed by atoms with Gasteiger partial charge in [0.05, 0.1) is 0 Å². The maximum absolute atomic E-state index is 4.56. The molecular formula is C13H25IN6. The van der Waals surface area contributed by atoms with E-state index in [0.717, 1.165) is 43.7 Å². The zero-order valence-corrected chi connectivity index (χ0v) is 14.7. The summed E-state index contributed by atoms with van der Waals surface area (Å²) in [5.41, 5.74) is 0. The molecule has 0 saturated heterocycles. The van der Waals surface area contributed by atoms with Gasteiger partial charge in [0.15, 0.2) is 11.8 Å². The molecule has 2 heterocycles. The first-order chi connectivity index (χ1) is 9.35. The maximum atomic E-state index is 4.56. The largest absolute Gasteiger partial charge is 0.357 e. The van der Waals surface area contributed by atoms with Gasteiger partial charge in [-0.05, 0) is 26.7 Å². The minimum Gasteiger partial charge on any atom is -0.357 e. The fourth-order valence-electron chi connectivity index (χ4n) is 2.32. The quantitative estimate of drug-likeness (QED) is 0.465. The first-order valence-electron chi connectivity index (χ1n) is 7.28. The third-order valence-electron chi connectivity index (χ3n) is 3.25. The molecule has 1 aliphatic heterocycles. The van der Waals surface area contributed by atoms with Crippen molar-refractivity contribution in [3.8, 4) is 0 Å². The summed E-state index contributed by atoms with van der Waals surface area (Å²) >= 11 is 0. The van der Waals surface area contributed by atoms with E-state index in [9.17, 15) is 0 Å². The highest BCUT2D eigenvalue weighted by molar-refractivity contribution is 14.0. The Morgan fingerprint density at radius 3 is 2.60 bits per heavy atom. The summed E-state index contributed by atoms with van der Waals surface area (Å²) in [4.78, 5) is 4.56. The summed E-state index contributed by atoms with van der Waals surface area (Å²) in [6.45, 7) is 7.48. The molecule has 0 fully saturated rings. The molecule has 20 heavy (non-hydrogen) atoms. The Hall–Kier alpha value is -0.860. The van der Waals surface area contributed by atoms with Crippen LogP contribution in [0.5, 0.6) is 0 Å². The Balaban J connectivity index is 0.00000200. The van der Waals surface area contributed by atoms with Gasteiger partial charge in [-0.2, -0.15) is 0 Å². The number of nitrogens with zero attached hydrogens (tertiary/aromatic N) is 4. The van der Waals surface area contributed by atoms with E-state index in [1.54, 1.807) is 0 Å². The van der Waals surface area contributed by atoms with Crippen molar-refractivity contribution in [1.29, 1.82) is 0 Å². The Kier molecular flexibility index (Phi) is 7.86. The third kappa shape index (κ3) is 4.60. The molecule has 114 valence electrons. The summed E-state index contributed by atoms with van der Waals surface area (Å²) in [5, 5.41) is 15.0. The second-order valence-corrected chi connectivity index (χ2v) is 4.72. The molecule has 0 aromatic carbocycles. The Labute approximate surface area is 137 Å². The Morgan fingerprint density at radius 1 is 1.15 bits per heavy atom. The Morgan fingerprint density at radius 2 is 1.90 bits per heavy atom. The average molecular weight is 392 g/mol. The van der Waals surface area contributed by atoms with Crippen molar-refractivity contribution < 1.29 is 0 Å². The number of rotatable bonds is 4. The molecule has 2 N–H and O–H groups in total. The molecule has 2 rings (SSSR count). The van der Waals surface area contributed by atoms with Crippen LogP contribution in [-0.4, -0.2) is 33.8 Å². The lowest BCUT2D eigenvalue weighted by atomic mass is 10.2. The molecule has 0 spiro atoms. The van der Waals surface area contributed by atoms with E-state index >= 15 is 0 Å². The number of guanidine groups is 1. The minimum atomic E-state index is 0. The minimum absolute atomic E-state index is 0. The van der Waals surface area contributed by atoms with Crippen molar-refractivity contribution in [3.63, 3.8) is 0 Å². The molecule has 1 aromatic heterocycles. The van der Waals surface area contributed by atoms with E-state index in [2.05, 4.69) is 44.2 Å². The topological polar surface area (TPSA) is 67.1 Å². The van der Waals surface area contributed by atoms with Gasteiger partial charge in [0.25, 0.3) is 0 Å². The Bertz CT molecular complexity index is 420. The number of nitrogens with one attached hydrogen (secondary N) is 2. The smallest absolute Gasteiger partial charge is 0.191 e. The molecule has 0 atom stereocenters. The molecule has 6 nitrogen and oxygen atoms in total. The SMILES string of the molecule is CCNC(=NCc1nnc2n1CCCCC2)NCC.I. The highest BCUT2D eigenvalue weighted by atomic mass is 127. The second-order valence-electron chi connectivity index (χ2n) is 4.72. The van der Waals surface area contributed by atoms with Crippen LogP contribution in [0.4, 0.5) is 0 Å². The number of fused-ring (bicyclic) bond motifs is 1. The number of aryl methyl sites for hydroxylation is 1. The summed E-state index contributed by atoms with van der Waals surface area (Å²) < 4.78 is 2.24. The summed E-state index contributed by atoms with van der Waals surface area (Å²) in [7, 11) is 0. The van der Waals surface area contributed by atoms with E-state index in [0.29, 0.717) is 6.54 Å². The number of aliphatic imine (C=N–C) groups is 1. The lowest BCUT2D eigenvalue weighted by Gasteiger charge is -2.09. The van der Waals surface area contributed by atoms with E-state index in [-0.39, 0.29) is 24.0 Å². The van der Waals surface area contributed by atoms with Gasteiger partial charge in [-0.3, -0.25) is 0 Å². The summed E-state index contributed by atoms with van der Waals surface area (Å²) in [5.74, 6) is 2.94. The first-order valence-corrected chi connectivity index (χ1v) is 7.28. The van der Waals surface area contributed by atoms with Crippen LogP contribution in [0.3, 0.4) is 0 Å². The van der Waals surface area contributed by atoms with E-state index < -0.39 is 0 Å². The predicted molar refractivity (Wildman–Crippen MR) is 91.5 cm³/mol. The summed E-state index contributed by atoms with van der Waals surface area (Å²) in [6.07, 6.45) is 4.77. The monoisotopic (exact) mass is 392 g/mol. The van der Waals surface area contributed by atoms with Crippen LogP contribution in [0, 0.1) is 0 Å². The normalized spacial score (nSPS) is 13.7. The van der Waals surface area contributed by atoms with Crippen LogP contribution in [-0.2, 0) is 19.5 Å². The van der Waals surface area contributed by atoms with Crippen LogP contribution in [0.1, 0.15) is 44.8 Å². The number of halogens is 1. The van der Waals surface area contributed by atoms with E-state index in [1.807, 2.05) is 0 Å². The van der Waals surface area contributed by atoms with Crippen molar-refractivity contribution >= 4 is 29.9 Å². The van der Waals surface area contributed by atoms with Crippen LogP contribution >= 0.6 is 24.0 Å². The van der Waals surface area contributed by atoms with Gasteiger partial charge in [-0.15, -0.1) is 34.2 Å². The molecular weight excluding hydrogens is 367 g/mol. The standard InChI is InChI=1S/C13H24N6.HI/c1-3-14-13(15-4-2)16-10-12-18-17-11-8-6-5-7-9-19(11)12;/h3-10H2,1-2H3,(H2,14,15,16);1H. The van der Waals surface area contributed by atoms with Gasteiger partial charge < -0.3 is 15.2 Å². The fourth-order valence-corrected chi connectivity index (χ4v) is 2.32. The predicted octanol–water partition coefficient (Wildman–Crippen LogP) is 1.70. The van der Waals surface area contributed by atoms with Gasteiger partial charge in [-0.25, -0.2) is 4.99 Å². The third-order valence-corrected chi connectivity index (χ3v) is 3.25. The van der Waals surface area contributed by atoms with Crippen molar-refractivity contribution in [2.45, 2.75) is 52.6 Å². The first kappa shape index (κ1) is 17.2. The molecule has 0 aliphatic carbocycles. The molecule has 0 radical (unpaired) electrons. The van der Waals surface area contributed by atoms with Crippen molar-refractivity contribution in [2.75, 3.05) is 13.1 Å². The van der Waals surface area contributed by atoms with E-state index in [1.165, 1.54) is 19.3 Å². The fraction of sp³-hybridized carbons (Fsp3) is 0.769. The average Bonchev–Trinajstić information content (AvgIpc) is 2.64. The van der Waals surface area contributed by atoms with Crippen molar-refractivity contribution in [1.82, 2.24) is 25.4 Å². The van der Waals surface area contributed by atoms with Crippen LogP contribution in [0.25, 0.3) is 0 Å². The zero-order chi connectivity index (χ0) is 13.5. The maximum Gasteiger partial charge on any atom is 0.191 e. The van der Waals surface area contributed by atoms with Gasteiger partial charge >= 0.3 is 0 Å². The molecule has 0 unspecified atom stereocenters. The lowest BCUT2D eigenvalue weighted by molar-refractivity contribution is 0.605. The number of hydrogen-bond acceptors (Lipinski definition) is 3. The second kappa shape index (κ2) is 9.15.